The Morgan fingerprint density at radius 2 is 1.91 bits per heavy atom. The van der Waals surface area contributed by atoms with E-state index in [-0.39, 0.29) is 0 Å². The Labute approximate surface area is 71.1 Å². The Morgan fingerprint density at radius 1 is 1.18 bits per heavy atom. The average Bonchev–Trinajstić information content (AvgIpc) is 1.99. The SMILES string of the molecule is CCCC(C)CCCCOC. The topological polar surface area (TPSA) is 9.23 Å². The predicted octanol–water partition coefficient (Wildman–Crippen LogP) is 3.24. The van der Waals surface area contributed by atoms with Crippen molar-refractivity contribution in [2.75, 3.05) is 13.7 Å². The second-order valence-electron chi connectivity index (χ2n) is 3.38. The second-order valence-corrected chi connectivity index (χ2v) is 3.38. The number of unbranched alkanes of at least 4 members (excludes halogenated alkanes) is 1. The van der Waals surface area contributed by atoms with Crippen molar-refractivity contribution >= 4 is 0 Å². The van der Waals surface area contributed by atoms with Gasteiger partial charge in [-0.1, -0.05) is 39.5 Å². The molecule has 1 atom stereocenters. The van der Waals surface area contributed by atoms with Gasteiger partial charge in [0, 0.05) is 13.7 Å². The summed E-state index contributed by atoms with van der Waals surface area (Å²) in [7, 11) is 1.77. The molecule has 0 saturated carbocycles. The summed E-state index contributed by atoms with van der Waals surface area (Å²) < 4.78 is 4.98. The van der Waals surface area contributed by atoms with Gasteiger partial charge in [0.2, 0.25) is 0 Å². The molecule has 68 valence electrons. The van der Waals surface area contributed by atoms with Crippen LogP contribution in [0.15, 0.2) is 0 Å². The molecular formula is C10H22O. The summed E-state index contributed by atoms with van der Waals surface area (Å²) in [6.07, 6.45) is 6.63. The van der Waals surface area contributed by atoms with Gasteiger partial charge in [-0.2, -0.15) is 0 Å². The van der Waals surface area contributed by atoms with E-state index >= 15 is 0 Å². The average molecular weight is 158 g/mol. The Hall–Kier alpha value is -0.0400. The summed E-state index contributed by atoms with van der Waals surface area (Å²) in [4.78, 5) is 0. The molecule has 1 unspecified atom stereocenters. The smallest absolute Gasteiger partial charge is 0.0462 e. The molecule has 0 aliphatic heterocycles. The molecule has 0 aromatic carbocycles. The number of hydrogen-bond donors (Lipinski definition) is 0. The molecular weight excluding hydrogens is 136 g/mol. The molecule has 0 aromatic heterocycles. The van der Waals surface area contributed by atoms with Crippen molar-refractivity contribution in [3.8, 4) is 0 Å². The Balaban J connectivity index is 2.97. The lowest BCUT2D eigenvalue weighted by Crippen LogP contribution is -1.95. The molecule has 0 aromatic rings. The van der Waals surface area contributed by atoms with E-state index in [2.05, 4.69) is 13.8 Å². The van der Waals surface area contributed by atoms with E-state index in [0.29, 0.717) is 0 Å². The van der Waals surface area contributed by atoms with E-state index in [4.69, 9.17) is 4.74 Å². The summed E-state index contributed by atoms with van der Waals surface area (Å²) in [6.45, 7) is 5.53. The van der Waals surface area contributed by atoms with Crippen molar-refractivity contribution in [1.82, 2.24) is 0 Å². The standard InChI is InChI=1S/C10H22O/c1-4-7-10(2)8-5-6-9-11-3/h10H,4-9H2,1-3H3. The molecule has 0 bridgehead atoms. The first-order valence-corrected chi connectivity index (χ1v) is 4.80. The van der Waals surface area contributed by atoms with Gasteiger partial charge in [0.15, 0.2) is 0 Å². The quantitative estimate of drug-likeness (QED) is 0.517. The second kappa shape index (κ2) is 8.06. The predicted molar refractivity (Wildman–Crippen MR) is 49.8 cm³/mol. The van der Waals surface area contributed by atoms with Gasteiger partial charge in [-0.05, 0) is 12.3 Å². The van der Waals surface area contributed by atoms with Crippen LogP contribution in [0.5, 0.6) is 0 Å². The molecule has 0 saturated heterocycles. The molecule has 1 heteroatoms. The van der Waals surface area contributed by atoms with Crippen molar-refractivity contribution in [3.63, 3.8) is 0 Å². The van der Waals surface area contributed by atoms with Crippen LogP contribution in [0.3, 0.4) is 0 Å². The Kier molecular flexibility index (Phi) is 8.03. The first-order valence-electron chi connectivity index (χ1n) is 4.80. The lowest BCUT2D eigenvalue weighted by atomic mass is 9.99. The zero-order valence-electron chi connectivity index (χ0n) is 8.23. The summed E-state index contributed by atoms with van der Waals surface area (Å²) in [5, 5.41) is 0. The molecule has 0 aliphatic rings. The highest BCUT2D eigenvalue weighted by atomic mass is 16.5. The Bertz CT molecular complexity index is 71.3. The fourth-order valence-corrected chi connectivity index (χ4v) is 1.38. The van der Waals surface area contributed by atoms with Gasteiger partial charge in [-0.3, -0.25) is 0 Å². The van der Waals surface area contributed by atoms with Crippen molar-refractivity contribution in [2.45, 2.75) is 46.0 Å². The van der Waals surface area contributed by atoms with Crippen LogP contribution < -0.4 is 0 Å². The lowest BCUT2D eigenvalue weighted by Gasteiger charge is -2.08. The van der Waals surface area contributed by atoms with Crippen LogP contribution in [0, 0.1) is 5.92 Å². The molecule has 0 spiro atoms. The molecule has 0 heterocycles. The minimum absolute atomic E-state index is 0.914. The highest BCUT2D eigenvalue weighted by molar-refractivity contribution is 4.52. The maximum Gasteiger partial charge on any atom is 0.0462 e. The minimum Gasteiger partial charge on any atom is -0.385 e. The summed E-state index contributed by atoms with van der Waals surface area (Å²) in [6, 6.07) is 0. The van der Waals surface area contributed by atoms with Crippen LogP contribution in [0.1, 0.15) is 46.0 Å². The molecule has 0 fully saturated rings. The van der Waals surface area contributed by atoms with E-state index in [1.807, 2.05) is 0 Å². The summed E-state index contributed by atoms with van der Waals surface area (Å²) >= 11 is 0. The van der Waals surface area contributed by atoms with Crippen molar-refractivity contribution in [3.05, 3.63) is 0 Å². The van der Waals surface area contributed by atoms with Gasteiger partial charge in [0.25, 0.3) is 0 Å². The zero-order chi connectivity index (χ0) is 8.53. The first kappa shape index (κ1) is 11.0. The number of rotatable bonds is 7. The van der Waals surface area contributed by atoms with E-state index < -0.39 is 0 Å². The maximum absolute atomic E-state index is 4.98. The van der Waals surface area contributed by atoms with Crippen LogP contribution in [0.2, 0.25) is 0 Å². The summed E-state index contributed by atoms with van der Waals surface area (Å²) in [5.74, 6) is 0.914. The minimum atomic E-state index is 0.914. The van der Waals surface area contributed by atoms with Crippen LogP contribution >= 0.6 is 0 Å². The summed E-state index contributed by atoms with van der Waals surface area (Å²) in [5.41, 5.74) is 0. The third kappa shape index (κ3) is 7.86. The monoisotopic (exact) mass is 158 g/mol. The van der Waals surface area contributed by atoms with Crippen molar-refractivity contribution in [1.29, 1.82) is 0 Å². The fourth-order valence-electron chi connectivity index (χ4n) is 1.38. The molecule has 0 aliphatic carbocycles. The van der Waals surface area contributed by atoms with Gasteiger partial charge in [0.1, 0.15) is 0 Å². The van der Waals surface area contributed by atoms with Crippen LogP contribution in [-0.4, -0.2) is 13.7 Å². The lowest BCUT2D eigenvalue weighted by molar-refractivity contribution is 0.190. The van der Waals surface area contributed by atoms with Gasteiger partial charge in [-0.15, -0.1) is 0 Å². The molecule has 0 N–H and O–H groups in total. The molecule has 0 radical (unpaired) electrons. The van der Waals surface area contributed by atoms with E-state index in [1.54, 1.807) is 7.11 Å². The van der Waals surface area contributed by atoms with Crippen LogP contribution in [0.25, 0.3) is 0 Å². The third-order valence-corrected chi connectivity index (χ3v) is 2.08. The highest BCUT2D eigenvalue weighted by Gasteiger charge is 1.98. The van der Waals surface area contributed by atoms with E-state index in [9.17, 15) is 0 Å². The fraction of sp³-hybridized carbons (Fsp3) is 1.00. The Morgan fingerprint density at radius 3 is 2.45 bits per heavy atom. The largest absolute Gasteiger partial charge is 0.385 e. The number of ether oxygens (including phenoxy) is 1. The maximum atomic E-state index is 4.98. The third-order valence-electron chi connectivity index (χ3n) is 2.08. The van der Waals surface area contributed by atoms with Crippen LogP contribution in [-0.2, 0) is 4.74 Å². The van der Waals surface area contributed by atoms with Crippen molar-refractivity contribution < 1.29 is 4.74 Å². The van der Waals surface area contributed by atoms with Gasteiger partial charge < -0.3 is 4.74 Å². The molecule has 0 rings (SSSR count). The van der Waals surface area contributed by atoms with Crippen molar-refractivity contribution in [2.24, 2.45) is 5.92 Å². The van der Waals surface area contributed by atoms with E-state index in [0.717, 1.165) is 12.5 Å². The van der Waals surface area contributed by atoms with Gasteiger partial charge >= 0.3 is 0 Å². The van der Waals surface area contributed by atoms with Gasteiger partial charge in [0.05, 0.1) is 0 Å². The zero-order valence-corrected chi connectivity index (χ0v) is 8.23. The van der Waals surface area contributed by atoms with E-state index in [1.165, 1.54) is 32.1 Å². The first-order chi connectivity index (χ1) is 5.31. The number of hydrogen-bond acceptors (Lipinski definition) is 1. The number of methoxy groups -OCH3 is 1. The van der Waals surface area contributed by atoms with Gasteiger partial charge in [-0.25, -0.2) is 0 Å². The highest BCUT2D eigenvalue weighted by Crippen LogP contribution is 2.13. The molecule has 1 nitrogen and oxygen atoms in total. The van der Waals surface area contributed by atoms with Crippen LogP contribution in [0.4, 0.5) is 0 Å². The normalized spacial score (nSPS) is 13.4. The molecule has 11 heavy (non-hydrogen) atoms. The molecule has 0 amide bonds.